The van der Waals surface area contributed by atoms with Crippen LogP contribution >= 0.6 is 0 Å². The van der Waals surface area contributed by atoms with Gasteiger partial charge in [-0.25, -0.2) is 0 Å². The molecule has 1 aromatic rings. The molecule has 0 bridgehead atoms. The highest BCUT2D eigenvalue weighted by atomic mass is 16.5. The van der Waals surface area contributed by atoms with E-state index in [0.29, 0.717) is 18.5 Å². The van der Waals surface area contributed by atoms with Gasteiger partial charge in [0.15, 0.2) is 5.82 Å². The number of hydrogen-bond donors (Lipinski definition) is 1. The van der Waals surface area contributed by atoms with Crippen molar-refractivity contribution in [3.05, 3.63) is 11.7 Å². The van der Waals surface area contributed by atoms with Crippen molar-refractivity contribution < 1.29 is 9.26 Å². The number of ether oxygens (including phenoxy) is 1. The van der Waals surface area contributed by atoms with Crippen molar-refractivity contribution in [3.8, 4) is 0 Å². The van der Waals surface area contributed by atoms with Crippen LogP contribution in [0.4, 0.5) is 0 Å². The van der Waals surface area contributed by atoms with Gasteiger partial charge in [-0.1, -0.05) is 12.1 Å². The van der Waals surface area contributed by atoms with Gasteiger partial charge in [-0.15, -0.1) is 0 Å². The van der Waals surface area contributed by atoms with Crippen LogP contribution in [0.2, 0.25) is 0 Å². The van der Waals surface area contributed by atoms with Crippen molar-refractivity contribution in [2.45, 2.75) is 44.9 Å². The Hall–Kier alpha value is -0.940. The van der Waals surface area contributed by atoms with Crippen LogP contribution in [0.25, 0.3) is 0 Å². The average Bonchev–Trinajstić information content (AvgIpc) is 2.58. The summed E-state index contributed by atoms with van der Waals surface area (Å²) in [6.45, 7) is 2.39. The van der Waals surface area contributed by atoms with Crippen molar-refractivity contribution in [1.29, 1.82) is 0 Å². The summed E-state index contributed by atoms with van der Waals surface area (Å²) in [6, 6.07) is 0.314. The van der Waals surface area contributed by atoms with Gasteiger partial charge in [0.05, 0.1) is 6.10 Å². The fourth-order valence-corrected chi connectivity index (χ4v) is 1.42. The second-order valence-electron chi connectivity index (χ2n) is 3.62. The molecule has 0 atom stereocenters. The predicted octanol–water partition coefficient (Wildman–Crippen LogP) is 0.638. The number of nitrogens with two attached hydrogens (primary N) is 1. The third-order valence-corrected chi connectivity index (χ3v) is 2.40. The van der Waals surface area contributed by atoms with Crippen molar-refractivity contribution in [2.75, 3.05) is 0 Å². The molecule has 1 saturated carbocycles. The van der Waals surface area contributed by atoms with E-state index < -0.39 is 0 Å². The van der Waals surface area contributed by atoms with Crippen LogP contribution in [0.5, 0.6) is 0 Å². The highest BCUT2D eigenvalue weighted by Crippen LogP contribution is 2.22. The lowest BCUT2D eigenvalue weighted by Gasteiger charge is -2.31. The van der Waals surface area contributed by atoms with E-state index in [-0.39, 0.29) is 6.10 Å². The molecule has 0 aromatic carbocycles. The van der Waals surface area contributed by atoms with Crippen molar-refractivity contribution >= 4 is 0 Å². The van der Waals surface area contributed by atoms with Crippen LogP contribution < -0.4 is 5.73 Å². The smallest absolute Gasteiger partial charge is 0.252 e. The minimum atomic E-state index is 0.280. The highest BCUT2D eigenvalue weighted by molar-refractivity contribution is 4.86. The third-order valence-electron chi connectivity index (χ3n) is 2.40. The van der Waals surface area contributed by atoms with Crippen LogP contribution in [0.1, 0.15) is 31.5 Å². The van der Waals surface area contributed by atoms with E-state index in [4.69, 9.17) is 15.0 Å². The standard InChI is InChI=1S/C9H15N3O2/c1-2-8-11-9(14-12-8)5-13-7-3-6(10)4-7/h6-7H,2-5,10H2,1H3. The van der Waals surface area contributed by atoms with Crippen LogP contribution in [-0.2, 0) is 17.8 Å². The van der Waals surface area contributed by atoms with Crippen LogP contribution in [0.15, 0.2) is 4.52 Å². The molecule has 5 heteroatoms. The van der Waals surface area contributed by atoms with E-state index in [1.54, 1.807) is 0 Å². The molecule has 0 aliphatic heterocycles. The summed E-state index contributed by atoms with van der Waals surface area (Å²) < 4.78 is 10.5. The molecule has 0 radical (unpaired) electrons. The zero-order chi connectivity index (χ0) is 9.97. The lowest BCUT2D eigenvalue weighted by molar-refractivity contribution is -0.0285. The normalized spacial score (nSPS) is 26.1. The van der Waals surface area contributed by atoms with E-state index in [9.17, 15) is 0 Å². The van der Waals surface area contributed by atoms with E-state index in [2.05, 4.69) is 10.1 Å². The van der Waals surface area contributed by atoms with Crippen LogP contribution in [0.3, 0.4) is 0 Å². The fourth-order valence-electron chi connectivity index (χ4n) is 1.42. The zero-order valence-electron chi connectivity index (χ0n) is 8.27. The summed E-state index contributed by atoms with van der Waals surface area (Å²) in [5, 5.41) is 3.78. The van der Waals surface area contributed by atoms with E-state index in [1.165, 1.54) is 0 Å². The second-order valence-corrected chi connectivity index (χ2v) is 3.62. The lowest BCUT2D eigenvalue weighted by Crippen LogP contribution is -2.41. The van der Waals surface area contributed by atoms with Crippen molar-refractivity contribution in [1.82, 2.24) is 10.1 Å². The highest BCUT2D eigenvalue weighted by Gasteiger charge is 2.26. The SMILES string of the molecule is CCc1noc(COC2CC(N)C2)n1. The molecule has 1 heterocycles. The van der Waals surface area contributed by atoms with Gasteiger partial charge in [0.1, 0.15) is 6.61 Å². The first-order valence-corrected chi connectivity index (χ1v) is 4.96. The molecule has 0 saturated heterocycles. The maximum absolute atomic E-state index is 5.63. The Bertz CT molecular complexity index is 294. The Morgan fingerprint density at radius 3 is 2.93 bits per heavy atom. The number of rotatable bonds is 4. The third kappa shape index (κ3) is 2.10. The minimum absolute atomic E-state index is 0.280. The molecule has 0 amide bonds. The maximum Gasteiger partial charge on any atom is 0.252 e. The Morgan fingerprint density at radius 1 is 1.57 bits per heavy atom. The first kappa shape index (κ1) is 9.61. The molecule has 78 valence electrons. The zero-order valence-corrected chi connectivity index (χ0v) is 8.27. The molecule has 1 aliphatic carbocycles. The number of hydrogen-bond acceptors (Lipinski definition) is 5. The number of nitrogens with zero attached hydrogens (tertiary/aromatic N) is 2. The van der Waals surface area contributed by atoms with Gasteiger partial charge in [-0.3, -0.25) is 0 Å². The van der Waals surface area contributed by atoms with Crippen LogP contribution in [-0.4, -0.2) is 22.3 Å². The summed E-state index contributed by atoms with van der Waals surface area (Å²) in [7, 11) is 0. The molecule has 0 unspecified atom stereocenters. The summed E-state index contributed by atoms with van der Waals surface area (Å²) in [5.74, 6) is 1.29. The van der Waals surface area contributed by atoms with Gasteiger partial charge in [-0.05, 0) is 12.8 Å². The first-order chi connectivity index (χ1) is 6.78. The first-order valence-electron chi connectivity index (χ1n) is 4.96. The molecule has 1 aromatic heterocycles. The summed E-state index contributed by atoms with van der Waals surface area (Å²) >= 11 is 0. The Morgan fingerprint density at radius 2 is 2.36 bits per heavy atom. The van der Waals surface area contributed by atoms with Gasteiger partial charge < -0.3 is 15.0 Å². The topological polar surface area (TPSA) is 74.2 Å². The second kappa shape index (κ2) is 4.06. The van der Waals surface area contributed by atoms with Crippen molar-refractivity contribution in [3.63, 3.8) is 0 Å². The number of aromatic nitrogens is 2. The van der Waals surface area contributed by atoms with Crippen molar-refractivity contribution in [2.24, 2.45) is 5.73 Å². The largest absolute Gasteiger partial charge is 0.368 e. The van der Waals surface area contributed by atoms with Gasteiger partial charge in [0, 0.05) is 12.5 Å². The summed E-state index contributed by atoms with van der Waals surface area (Å²) in [6.07, 6.45) is 2.95. The van der Waals surface area contributed by atoms with Gasteiger partial charge >= 0.3 is 0 Å². The quantitative estimate of drug-likeness (QED) is 0.766. The minimum Gasteiger partial charge on any atom is -0.368 e. The predicted molar refractivity (Wildman–Crippen MR) is 49.5 cm³/mol. The Balaban J connectivity index is 1.75. The Kier molecular flexibility index (Phi) is 2.79. The van der Waals surface area contributed by atoms with Crippen LogP contribution in [0, 0.1) is 0 Å². The lowest BCUT2D eigenvalue weighted by atomic mass is 9.90. The number of aryl methyl sites for hydroxylation is 1. The molecule has 5 nitrogen and oxygen atoms in total. The molecule has 2 N–H and O–H groups in total. The molecule has 0 spiro atoms. The maximum atomic E-state index is 5.63. The monoisotopic (exact) mass is 197 g/mol. The van der Waals surface area contributed by atoms with Gasteiger partial charge in [0.2, 0.25) is 0 Å². The molecule has 2 rings (SSSR count). The van der Waals surface area contributed by atoms with E-state index in [0.717, 1.165) is 25.1 Å². The molecular formula is C9H15N3O2. The molecule has 1 fully saturated rings. The Labute approximate surface area is 82.6 Å². The fraction of sp³-hybridized carbons (Fsp3) is 0.778. The molecule has 1 aliphatic rings. The summed E-state index contributed by atoms with van der Waals surface area (Å²) in [4.78, 5) is 4.14. The van der Waals surface area contributed by atoms with E-state index in [1.807, 2.05) is 6.92 Å². The molecular weight excluding hydrogens is 182 g/mol. The summed E-state index contributed by atoms with van der Waals surface area (Å²) in [5.41, 5.74) is 5.63. The van der Waals surface area contributed by atoms with Gasteiger partial charge in [0.25, 0.3) is 5.89 Å². The average molecular weight is 197 g/mol. The molecule has 14 heavy (non-hydrogen) atoms. The van der Waals surface area contributed by atoms with Gasteiger partial charge in [-0.2, -0.15) is 4.98 Å². The van der Waals surface area contributed by atoms with E-state index >= 15 is 0 Å².